The van der Waals surface area contributed by atoms with Crippen LogP contribution in [0.1, 0.15) is 18.1 Å². The molecule has 1 atom stereocenters. The highest BCUT2D eigenvalue weighted by atomic mass is 19.4. The van der Waals surface area contributed by atoms with E-state index in [1.807, 2.05) is 86.6 Å². The molecule has 0 amide bonds. The van der Waals surface area contributed by atoms with Crippen LogP contribution >= 0.6 is 0 Å². The number of ether oxygens (including phenoxy) is 3. The summed E-state index contributed by atoms with van der Waals surface area (Å²) in [5.74, 6) is 3.58. The molecule has 1 unspecified atom stereocenters. The van der Waals surface area contributed by atoms with Gasteiger partial charge in [-0.05, 0) is 86.1 Å². The Morgan fingerprint density at radius 1 is 0.822 bits per heavy atom. The second-order valence-corrected chi connectivity index (χ2v) is 10.2. The smallest absolute Gasteiger partial charge is 0.416 e. The molecule has 3 heterocycles. The van der Waals surface area contributed by atoms with Crippen LogP contribution in [0.25, 0.3) is 22.4 Å². The lowest BCUT2D eigenvalue weighted by molar-refractivity contribution is -0.137. The Balaban J connectivity index is 0.000000179. The van der Waals surface area contributed by atoms with Crippen molar-refractivity contribution in [3.63, 3.8) is 0 Å². The Bertz CT molecular complexity index is 1830. The van der Waals surface area contributed by atoms with E-state index < -0.39 is 11.7 Å². The fraction of sp³-hybridized carbons (Fsp3) is 0.171. The van der Waals surface area contributed by atoms with Crippen molar-refractivity contribution in [1.29, 1.82) is 0 Å². The van der Waals surface area contributed by atoms with Crippen LogP contribution in [-0.2, 0) is 13.2 Å². The van der Waals surface area contributed by atoms with Crippen LogP contribution in [0.15, 0.2) is 116 Å². The van der Waals surface area contributed by atoms with Crippen molar-refractivity contribution in [1.82, 2.24) is 19.5 Å². The number of fused-ring (bicyclic) bond motifs is 1. The van der Waals surface area contributed by atoms with Gasteiger partial charge in [-0.25, -0.2) is 9.97 Å². The average molecular weight is 613 g/mol. The molecule has 0 bridgehead atoms. The van der Waals surface area contributed by atoms with E-state index in [0.717, 1.165) is 40.5 Å². The quantitative estimate of drug-likeness (QED) is 0.171. The number of alkyl halides is 3. The first-order valence-corrected chi connectivity index (χ1v) is 14.2. The highest BCUT2D eigenvalue weighted by Gasteiger charge is 2.31. The number of hydrogen-bond donors (Lipinski definition) is 0. The minimum absolute atomic E-state index is 0.0971. The number of pyridine rings is 2. The minimum Gasteiger partial charge on any atom is -0.490 e. The zero-order chi connectivity index (χ0) is 31.8. The summed E-state index contributed by atoms with van der Waals surface area (Å²) in [7, 11) is 1.79. The van der Waals surface area contributed by atoms with Crippen LogP contribution in [0.3, 0.4) is 0 Å². The van der Waals surface area contributed by atoms with Crippen LogP contribution in [-0.4, -0.2) is 32.2 Å². The van der Waals surface area contributed by atoms with E-state index in [0.29, 0.717) is 29.3 Å². The topological polar surface area (TPSA) is 71.3 Å². The van der Waals surface area contributed by atoms with Crippen LogP contribution in [0.2, 0.25) is 0 Å². The van der Waals surface area contributed by atoms with E-state index in [2.05, 4.69) is 15.0 Å². The van der Waals surface area contributed by atoms with Gasteiger partial charge < -0.3 is 18.8 Å². The molecule has 0 fully saturated rings. The molecule has 7 nitrogen and oxygen atoms in total. The maximum Gasteiger partial charge on any atom is 0.416 e. The predicted molar refractivity (Wildman–Crippen MR) is 166 cm³/mol. The molecule has 6 rings (SSSR count). The summed E-state index contributed by atoms with van der Waals surface area (Å²) in [6.07, 6.45) is 0.589. The van der Waals surface area contributed by atoms with Crippen LogP contribution in [0.5, 0.6) is 23.1 Å². The van der Waals surface area contributed by atoms with Gasteiger partial charge in [0, 0.05) is 37.3 Å². The van der Waals surface area contributed by atoms with Crippen molar-refractivity contribution in [3.8, 4) is 34.5 Å². The van der Waals surface area contributed by atoms with Gasteiger partial charge in [0.15, 0.2) is 0 Å². The molecule has 10 heteroatoms. The summed E-state index contributed by atoms with van der Waals surface area (Å²) < 4.78 is 57.3. The average Bonchev–Trinajstić information content (AvgIpc) is 3.37. The van der Waals surface area contributed by atoms with Gasteiger partial charge in [-0.3, -0.25) is 4.98 Å². The fourth-order valence-electron chi connectivity index (χ4n) is 4.44. The normalized spacial score (nSPS) is 11.8. The van der Waals surface area contributed by atoms with E-state index in [9.17, 15) is 13.2 Å². The first kappa shape index (κ1) is 31.1. The van der Waals surface area contributed by atoms with E-state index in [-0.39, 0.29) is 6.10 Å². The third kappa shape index (κ3) is 8.17. The van der Waals surface area contributed by atoms with Gasteiger partial charge in [0.25, 0.3) is 0 Å². The number of nitrogens with zero attached hydrogens (tertiary/aromatic N) is 4. The first-order valence-electron chi connectivity index (χ1n) is 14.2. The van der Waals surface area contributed by atoms with Gasteiger partial charge in [0.05, 0.1) is 16.6 Å². The lowest BCUT2D eigenvalue weighted by Gasteiger charge is -2.15. The van der Waals surface area contributed by atoms with Gasteiger partial charge in [0.1, 0.15) is 35.8 Å². The van der Waals surface area contributed by atoms with Crippen LogP contribution in [0, 0.1) is 6.92 Å². The highest BCUT2D eigenvalue weighted by Crippen LogP contribution is 2.33. The highest BCUT2D eigenvalue weighted by molar-refractivity contribution is 5.81. The Morgan fingerprint density at radius 3 is 2.22 bits per heavy atom. The molecule has 0 aliphatic carbocycles. The molecule has 0 N–H and O–H groups in total. The van der Waals surface area contributed by atoms with Crippen molar-refractivity contribution < 1.29 is 27.4 Å². The summed E-state index contributed by atoms with van der Waals surface area (Å²) in [5, 5.41) is 0. The Labute approximate surface area is 258 Å². The largest absolute Gasteiger partial charge is 0.490 e. The molecule has 0 aliphatic heterocycles. The van der Waals surface area contributed by atoms with Gasteiger partial charge in [-0.1, -0.05) is 24.3 Å². The molecular weight excluding hydrogens is 581 g/mol. The maximum atomic E-state index is 12.8. The van der Waals surface area contributed by atoms with Gasteiger partial charge in [0.2, 0.25) is 5.88 Å². The number of hydrogen-bond acceptors (Lipinski definition) is 6. The first-order chi connectivity index (χ1) is 21.7. The van der Waals surface area contributed by atoms with Crippen molar-refractivity contribution >= 4 is 11.0 Å². The number of aryl methyl sites for hydroxylation is 2. The third-order valence-corrected chi connectivity index (χ3v) is 6.72. The monoisotopic (exact) mass is 612 g/mol. The summed E-state index contributed by atoms with van der Waals surface area (Å²) >= 11 is 0. The molecule has 230 valence electrons. The third-order valence-electron chi connectivity index (χ3n) is 6.72. The van der Waals surface area contributed by atoms with E-state index in [1.165, 1.54) is 6.07 Å². The Kier molecular flexibility index (Phi) is 9.62. The molecule has 0 radical (unpaired) electrons. The molecule has 0 aliphatic rings. The van der Waals surface area contributed by atoms with Gasteiger partial charge >= 0.3 is 6.18 Å². The van der Waals surface area contributed by atoms with Gasteiger partial charge in [-0.15, -0.1) is 0 Å². The lowest BCUT2D eigenvalue weighted by atomic mass is 10.1. The molecule has 6 aromatic rings. The summed E-state index contributed by atoms with van der Waals surface area (Å²) in [6.45, 7) is 4.28. The molecule has 3 aromatic heterocycles. The second kappa shape index (κ2) is 13.9. The number of benzene rings is 3. The molecule has 3 aromatic carbocycles. The van der Waals surface area contributed by atoms with Crippen molar-refractivity contribution in [2.75, 3.05) is 6.61 Å². The minimum atomic E-state index is -4.36. The zero-order valence-corrected chi connectivity index (χ0v) is 24.9. The zero-order valence-electron chi connectivity index (χ0n) is 24.9. The Morgan fingerprint density at radius 2 is 1.53 bits per heavy atom. The van der Waals surface area contributed by atoms with Gasteiger partial charge in [-0.2, -0.15) is 13.2 Å². The van der Waals surface area contributed by atoms with E-state index in [4.69, 9.17) is 14.2 Å². The molecule has 0 saturated carbocycles. The fourth-order valence-corrected chi connectivity index (χ4v) is 4.44. The van der Waals surface area contributed by atoms with Crippen molar-refractivity contribution in [2.45, 2.75) is 26.1 Å². The summed E-state index contributed by atoms with van der Waals surface area (Å²) in [5.41, 5.74) is 2.09. The SMILES string of the molecule is CC(COc1ccc(Oc2ccccc2)cc1)Oc1ccccn1.Cc1cnccc1-c1nc2cc(C(F)(F)F)ccc2n1C. The van der Waals surface area contributed by atoms with Crippen molar-refractivity contribution in [3.05, 3.63) is 127 Å². The predicted octanol–water partition coefficient (Wildman–Crippen LogP) is 8.68. The summed E-state index contributed by atoms with van der Waals surface area (Å²) in [4.78, 5) is 12.5. The molecular formula is C35H31F3N4O3. The number of aromatic nitrogens is 4. The standard InChI is InChI=1S/C20H19NO3.C15H12F3N3/c1-16(23-20-9-5-6-14-21-20)15-22-17-10-12-19(13-11-17)24-18-7-3-2-4-8-18;1-9-8-19-6-5-11(9)14-20-12-7-10(15(16,17)18)3-4-13(12)21(14)2/h2-14,16H,15H2,1H3;3-8H,1-2H3. The van der Waals surface area contributed by atoms with Crippen LogP contribution < -0.4 is 14.2 Å². The number of para-hydroxylation sites is 1. The Hall–Kier alpha value is -5.38. The number of imidazole rings is 1. The number of rotatable bonds is 8. The maximum absolute atomic E-state index is 12.8. The molecule has 45 heavy (non-hydrogen) atoms. The lowest BCUT2D eigenvalue weighted by Crippen LogP contribution is -2.21. The van der Waals surface area contributed by atoms with E-state index in [1.54, 1.807) is 36.3 Å². The molecule has 0 saturated heterocycles. The molecule has 0 spiro atoms. The van der Waals surface area contributed by atoms with E-state index >= 15 is 0 Å². The second-order valence-electron chi connectivity index (χ2n) is 10.2. The summed E-state index contributed by atoms with van der Waals surface area (Å²) in [6, 6.07) is 28.2. The number of halogens is 3. The van der Waals surface area contributed by atoms with Crippen molar-refractivity contribution in [2.24, 2.45) is 7.05 Å². The van der Waals surface area contributed by atoms with Crippen LogP contribution in [0.4, 0.5) is 13.2 Å².